The third-order valence-electron chi connectivity index (χ3n) is 3.72. The number of hydrogen-bond donors (Lipinski definition) is 3. The van der Waals surface area contributed by atoms with Crippen LogP contribution in [0.15, 0.2) is 30.5 Å². The van der Waals surface area contributed by atoms with E-state index in [9.17, 15) is 4.79 Å². The first-order valence-electron chi connectivity index (χ1n) is 7.70. The van der Waals surface area contributed by atoms with Crippen molar-refractivity contribution in [2.45, 2.75) is 51.4 Å². The van der Waals surface area contributed by atoms with Crippen LogP contribution in [-0.2, 0) is 11.3 Å². The molecule has 1 heterocycles. The van der Waals surface area contributed by atoms with Crippen molar-refractivity contribution in [2.24, 2.45) is 0 Å². The van der Waals surface area contributed by atoms with Gasteiger partial charge in [0.15, 0.2) is 0 Å². The SMILES string of the molecule is CC(C)(C)OC(=O)NC1CC1NCc1c[nH]c2ccccc12. The molecule has 5 heteroatoms. The maximum absolute atomic E-state index is 11.7. The number of benzene rings is 1. The van der Waals surface area contributed by atoms with E-state index in [1.807, 2.05) is 39.1 Å². The van der Waals surface area contributed by atoms with Crippen LogP contribution in [0.4, 0.5) is 4.79 Å². The number of para-hydroxylation sites is 1. The Kier molecular flexibility index (Phi) is 3.83. The van der Waals surface area contributed by atoms with Crippen molar-refractivity contribution < 1.29 is 9.53 Å². The Hall–Kier alpha value is -2.01. The number of carbonyl (C=O) groups is 1. The lowest BCUT2D eigenvalue weighted by Gasteiger charge is -2.19. The molecule has 1 aromatic heterocycles. The van der Waals surface area contributed by atoms with Gasteiger partial charge in [-0.05, 0) is 38.8 Å². The number of fused-ring (bicyclic) bond motifs is 1. The van der Waals surface area contributed by atoms with E-state index < -0.39 is 5.60 Å². The highest BCUT2D eigenvalue weighted by molar-refractivity contribution is 5.82. The van der Waals surface area contributed by atoms with Crippen LogP contribution in [0, 0.1) is 0 Å². The van der Waals surface area contributed by atoms with Gasteiger partial charge >= 0.3 is 6.09 Å². The predicted molar refractivity (Wildman–Crippen MR) is 86.7 cm³/mol. The summed E-state index contributed by atoms with van der Waals surface area (Å²) >= 11 is 0. The molecular weight excluding hydrogens is 278 g/mol. The third kappa shape index (κ3) is 3.60. The zero-order chi connectivity index (χ0) is 15.7. The summed E-state index contributed by atoms with van der Waals surface area (Å²) in [6, 6.07) is 8.75. The van der Waals surface area contributed by atoms with Gasteiger partial charge in [-0.1, -0.05) is 18.2 Å². The minimum atomic E-state index is -0.452. The summed E-state index contributed by atoms with van der Waals surface area (Å²) in [6.07, 6.45) is 2.65. The molecule has 1 fully saturated rings. The molecule has 0 bridgehead atoms. The van der Waals surface area contributed by atoms with E-state index in [4.69, 9.17) is 4.74 Å². The molecule has 2 atom stereocenters. The number of aromatic nitrogens is 1. The van der Waals surface area contributed by atoms with Crippen LogP contribution >= 0.6 is 0 Å². The average Bonchev–Trinajstić information content (AvgIpc) is 3.02. The molecule has 3 rings (SSSR count). The molecule has 0 spiro atoms. The molecule has 5 nitrogen and oxygen atoms in total. The lowest BCUT2D eigenvalue weighted by atomic mass is 10.2. The number of nitrogens with one attached hydrogen (secondary N) is 3. The molecule has 3 N–H and O–H groups in total. The Balaban J connectivity index is 1.47. The number of hydrogen-bond acceptors (Lipinski definition) is 3. The molecule has 1 amide bonds. The number of rotatable bonds is 4. The van der Waals surface area contributed by atoms with Crippen molar-refractivity contribution in [2.75, 3.05) is 0 Å². The van der Waals surface area contributed by atoms with Crippen molar-refractivity contribution >= 4 is 17.0 Å². The maximum atomic E-state index is 11.7. The van der Waals surface area contributed by atoms with Crippen molar-refractivity contribution in [3.63, 3.8) is 0 Å². The van der Waals surface area contributed by atoms with Gasteiger partial charge in [0.2, 0.25) is 0 Å². The highest BCUT2D eigenvalue weighted by atomic mass is 16.6. The van der Waals surface area contributed by atoms with Gasteiger partial charge in [0.25, 0.3) is 0 Å². The van der Waals surface area contributed by atoms with Crippen molar-refractivity contribution in [3.8, 4) is 0 Å². The number of aromatic amines is 1. The molecule has 1 aromatic carbocycles. The van der Waals surface area contributed by atoms with Crippen molar-refractivity contribution in [3.05, 3.63) is 36.0 Å². The van der Waals surface area contributed by atoms with Gasteiger partial charge in [0.1, 0.15) is 5.60 Å². The Labute approximate surface area is 130 Å². The van der Waals surface area contributed by atoms with E-state index >= 15 is 0 Å². The fourth-order valence-electron chi connectivity index (χ4n) is 2.56. The molecule has 22 heavy (non-hydrogen) atoms. The standard InChI is InChI=1S/C17H23N3O2/c1-17(2,3)22-16(21)20-15-8-14(15)19-10-11-9-18-13-7-5-4-6-12(11)13/h4-7,9,14-15,18-19H,8,10H2,1-3H3,(H,20,21). The maximum Gasteiger partial charge on any atom is 0.407 e. The van der Waals surface area contributed by atoms with Crippen LogP contribution in [0.1, 0.15) is 32.8 Å². The lowest BCUT2D eigenvalue weighted by molar-refractivity contribution is 0.0522. The summed E-state index contributed by atoms with van der Waals surface area (Å²) in [5.41, 5.74) is 1.95. The number of alkyl carbamates (subject to hydrolysis) is 1. The molecule has 2 aromatic rings. The smallest absolute Gasteiger partial charge is 0.407 e. The molecule has 1 aliphatic carbocycles. The molecule has 2 unspecified atom stereocenters. The van der Waals surface area contributed by atoms with Gasteiger partial charge in [-0.3, -0.25) is 0 Å². The summed E-state index contributed by atoms with van der Waals surface area (Å²) in [4.78, 5) is 15.0. The number of amides is 1. The second-order valence-corrected chi connectivity index (χ2v) is 6.84. The first kappa shape index (κ1) is 14.9. The quantitative estimate of drug-likeness (QED) is 0.813. The molecule has 0 saturated heterocycles. The summed E-state index contributed by atoms with van der Waals surface area (Å²) in [5.74, 6) is 0. The molecule has 0 radical (unpaired) electrons. The molecule has 0 aliphatic heterocycles. The average molecular weight is 301 g/mol. The van der Waals surface area contributed by atoms with E-state index in [0.29, 0.717) is 6.04 Å². The summed E-state index contributed by atoms with van der Waals surface area (Å²) in [6.45, 7) is 6.39. The number of H-pyrrole nitrogens is 1. The Morgan fingerprint density at radius 1 is 1.32 bits per heavy atom. The zero-order valence-electron chi connectivity index (χ0n) is 13.3. The van der Waals surface area contributed by atoms with Gasteiger partial charge in [0.05, 0.1) is 0 Å². The van der Waals surface area contributed by atoms with Gasteiger partial charge in [-0.25, -0.2) is 4.79 Å². The fraction of sp³-hybridized carbons (Fsp3) is 0.471. The fourth-order valence-corrected chi connectivity index (χ4v) is 2.56. The largest absolute Gasteiger partial charge is 0.444 e. The van der Waals surface area contributed by atoms with E-state index in [2.05, 4.69) is 27.8 Å². The van der Waals surface area contributed by atoms with Crippen LogP contribution in [0.3, 0.4) is 0 Å². The Bertz CT molecular complexity index is 672. The molecular formula is C17H23N3O2. The second-order valence-electron chi connectivity index (χ2n) is 6.84. The molecule has 1 aliphatic rings. The van der Waals surface area contributed by atoms with E-state index in [1.165, 1.54) is 10.9 Å². The van der Waals surface area contributed by atoms with Crippen LogP contribution in [0.2, 0.25) is 0 Å². The summed E-state index contributed by atoms with van der Waals surface area (Å²) in [7, 11) is 0. The van der Waals surface area contributed by atoms with E-state index in [1.54, 1.807) is 0 Å². The first-order valence-corrected chi connectivity index (χ1v) is 7.70. The van der Waals surface area contributed by atoms with Crippen molar-refractivity contribution in [1.82, 2.24) is 15.6 Å². The van der Waals surface area contributed by atoms with Crippen LogP contribution in [-0.4, -0.2) is 28.8 Å². The minimum absolute atomic E-state index is 0.167. The Morgan fingerprint density at radius 3 is 2.86 bits per heavy atom. The van der Waals surface area contributed by atoms with Gasteiger partial charge < -0.3 is 20.4 Å². The summed E-state index contributed by atoms with van der Waals surface area (Å²) in [5, 5.41) is 7.62. The third-order valence-corrected chi connectivity index (χ3v) is 3.72. The van der Waals surface area contributed by atoms with Gasteiger partial charge in [-0.15, -0.1) is 0 Å². The first-order chi connectivity index (χ1) is 10.4. The monoisotopic (exact) mass is 301 g/mol. The van der Waals surface area contributed by atoms with Gasteiger partial charge in [0, 0.05) is 35.7 Å². The highest BCUT2D eigenvalue weighted by Gasteiger charge is 2.38. The second kappa shape index (κ2) is 5.65. The topological polar surface area (TPSA) is 66.2 Å². The zero-order valence-corrected chi connectivity index (χ0v) is 13.3. The minimum Gasteiger partial charge on any atom is -0.444 e. The lowest BCUT2D eigenvalue weighted by Crippen LogP contribution is -2.36. The van der Waals surface area contributed by atoms with Crippen LogP contribution < -0.4 is 10.6 Å². The van der Waals surface area contributed by atoms with Gasteiger partial charge in [-0.2, -0.15) is 0 Å². The predicted octanol–water partition coefficient (Wildman–Crippen LogP) is 2.92. The van der Waals surface area contributed by atoms with Crippen LogP contribution in [0.25, 0.3) is 10.9 Å². The normalized spacial score (nSPS) is 20.9. The van der Waals surface area contributed by atoms with E-state index in [0.717, 1.165) is 18.5 Å². The number of carbonyl (C=O) groups excluding carboxylic acids is 1. The number of ether oxygens (including phenoxy) is 1. The Morgan fingerprint density at radius 2 is 2.09 bits per heavy atom. The van der Waals surface area contributed by atoms with Crippen LogP contribution in [0.5, 0.6) is 0 Å². The van der Waals surface area contributed by atoms with E-state index in [-0.39, 0.29) is 12.1 Å². The van der Waals surface area contributed by atoms with Crippen molar-refractivity contribution in [1.29, 1.82) is 0 Å². The molecule has 118 valence electrons. The summed E-state index contributed by atoms with van der Waals surface area (Å²) < 4.78 is 5.26. The molecule has 1 saturated carbocycles. The highest BCUT2D eigenvalue weighted by Crippen LogP contribution is 2.24.